The maximum Gasteiger partial charge on any atom is 0.265 e. The molecule has 1 aromatic carbocycles. The highest BCUT2D eigenvalue weighted by molar-refractivity contribution is 7.22. The van der Waals surface area contributed by atoms with E-state index in [2.05, 4.69) is 0 Å². The highest BCUT2D eigenvalue weighted by atomic mass is 35.5. The van der Waals surface area contributed by atoms with E-state index in [0.717, 1.165) is 36.0 Å². The third-order valence-electron chi connectivity index (χ3n) is 3.51. The van der Waals surface area contributed by atoms with E-state index in [1.807, 2.05) is 11.0 Å². The van der Waals surface area contributed by atoms with Gasteiger partial charge in [-0.15, -0.1) is 11.3 Å². The van der Waals surface area contributed by atoms with Gasteiger partial charge in [-0.05, 0) is 25.0 Å². The van der Waals surface area contributed by atoms with Crippen LogP contribution in [0.2, 0.25) is 10.0 Å². The Bertz CT molecular complexity index is 677. The van der Waals surface area contributed by atoms with E-state index in [1.54, 1.807) is 13.2 Å². The number of fused-ring (bicyclic) bond motifs is 1. The zero-order valence-electron chi connectivity index (χ0n) is 10.9. The lowest BCUT2D eigenvalue weighted by Gasteiger charge is -2.13. The zero-order chi connectivity index (χ0) is 14.3. The summed E-state index contributed by atoms with van der Waals surface area (Å²) in [4.78, 5) is 14.9. The van der Waals surface area contributed by atoms with Gasteiger partial charge in [0.05, 0.1) is 16.8 Å². The topological polar surface area (TPSA) is 29.5 Å². The summed E-state index contributed by atoms with van der Waals surface area (Å²) in [6, 6.07) is 3.62. The Morgan fingerprint density at radius 3 is 2.60 bits per heavy atom. The highest BCUT2D eigenvalue weighted by Crippen LogP contribution is 2.43. The Morgan fingerprint density at radius 2 is 1.95 bits per heavy atom. The number of hydrogen-bond donors (Lipinski definition) is 0. The number of hydrogen-bond acceptors (Lipinski definition) is 3. The summed E-state index contributed by atoms with van der Waals surface area (Å²) in [5.74, 6) is 0.598. The molecule has 0 unspecified atom stereocenters. The molecule has 106 valence electrons. The molecule has 1 aliphatic rings. The van der Waals surface area contributed by atoms with Crippen LogP contribution in [0.3, 0.4) is 0 Å². The van der Waals surface area contributed by atoms with Crippen molar-refractivity contribution in [1.82, 2.24) is 4.90 Å². The molecular formula is C14H13Cl2NO2S. The van der Waals surface area contributed by atoms with Crippen molar-refractivity contribution in [2.45, 2.75) is 12.8 Å². The lowest BCUT2D eigenvalue weighted by atomic mass is 10.2. The van der Waals surface area contributed by atoms with Crippen molar-refractivity contribution in [3.05, 3.63) is 27.1 Å². The molecule has 2 aromatic rings. The molecule has 0 radical (unpaired) electrons. The van der Waals surface area contributed by atoms with Gasteiger partial charge in [-0.1, -0.05) is 23.2 Å². The first-order chi connectivity index (χ1) is 9.63. The molecule has 3 rings (SSSR count). The van der Waals surface area contributed by atoms with E-state index < -0.39 is 0 Å². The van der Waals surface area contributed by atoms with Gasteiger partial charge in [0.15, 0.2) is 0 Å². The number of halogens is 2. The monoisotopic (exact) mass is 329 g/mol. The van der Waals surface area contributed by atoms with Crippen LogP contribution >= 0.6 is 34.5 Å². The van der Waals surface area contributed by atoms with E-state index in [-0.39, 0.29) is 5.91 Å². The van der Waals surface area contributed by atoms with Gasteiger partial charge in [0, 0.05) is 18.5 Å². The molecule has 1 aromatic heterocycles. The van der Waals surface area contributed by atoms with Gasteiger partial charge in [-0.3, -0.25) is 4.79 Å². The number of amides is 1. The zero-order valence-corrected chi connectivity index (χ0v) is 13.2. The Hall–Kier alpha value is -0.970. The summed E-state index contributed by atoms with van der Waals surface area (Å²) in [6.07, 6.45) is 2.12. The van der Waals surface area contributed by atoms with Crippen molar-refractivity contribution >= 4 is 50.5 Å². The van der Waals surface area contributed by atoms with Crippen LogP contribution in [0.5, 0.6) is 5.75 Å². The second kappa shape index (κ2) is 5.43. The Morgan fingerprint density at radius 1 is 1.25 bits per heavy atom. The molecule has 0 bridgehead atoms. The number of carbonyl (C=O) groups is 1. The maximum atomic E-state index is 12.5. The number of carbonyl (C=O) groups excluding carboxylic acids is 1. The van der Waals surface area contributed by atoms with Gasteiger partial charge in [0.1, 0.15) is 15.6 Å². The molecule has 3 nitrogen and oxygen atoms in total. The van der Waals surface area contributed by atoms with E-state index in [0.29, 0.717) is 20.7 Å². The van der Waals surface area contributed by atoms with Gasteiger partial charge in [0.2, 0.25) is 0 Å². The van der Waals surface area contributed by atoms with Crippen LogP contribution in [0.1, 0.15) is 22.5 Å². The van der Waals surface area contributed by atoms with Crippen molar-refractivity contribution in [2.75, 3.05) is 20.2 Å². The fraction of sp³-hybridized carbons (Fsp3) is 0.357. The average molecular weight is 330 g/mol. The van der Waals surface area contributed by atoms with Crippen LogP contribution in [0.4, 0.5) is 0 Å². The smallest absolute Gasteiger partial charge is 0.265 e. The third-order valence-corrected chi connectivity index (χ3v) is 5.71. The second-order valence-corrected chi connectivity index (χ2v) is 6.48. The molecule has 0 saturated carbocycles. The van der Waals surface area contributed by atoms with Gasteiger partial charge in [-0.25, -0.2) is 0 Å². The summed E-state index contributed by atoms with van der Waals surface area (Å²) in [7, 11) is 1.57. The van der Waals surface area contributed by atoms with E-state index >= 15 is 0 Å². The summed E-state index contributed by atoms with van der Waals surface area (Å²) < 4.78 is 6.00. The summed E-state index contributed by atoms with van der Waals surface area (Å²) in [5, 5.41) is 1.81. The average Bonchev–Trinajstić information content (AvgIpc) is 3.08. The third kappa shape index (κ3) is 2.16. The van der Waals surface area contributed by atoms with Crippen LogP contribution in [-0.2, 0) is 0 Å². The number of thiophene rings is 1. The Labute approximate surface area is 131 Å². The quantitative estimate of drug-likeness (QED) is 0.814. The molecule has 2 heterocycles. The van der Waals surface area contributed by atoms with E-state index in [1.165, 1.54) is 11.3 Å². The minimum atomic E-state index is 0.00346. The van der Waals surface area contributed by atoms with Crippen LogP contribution in [0.15, 0.2) is 12.1 Å². The van der Waals surface area contributed by atoms with Gasteiger partial charge in [-0.2, -0.15) is 0 Å². The fourth-order valence-electron chi connectivity index (χ4n) is 2.44. The minimum absolute atomic E-state index is 0.00346. The highest BCUT2D eigenvalue weighted by Gasteiger charge is 2.25. The molecular weight excluding hydrogens is 317 g/mol. The minimum Gasteiger partial charge on any atom is -0.495 e. The molecule has 1 aliphatic heterocycles. The van der Waals surface area contributed by atoms with Crippen LogP contribution < -0.4 is 4.74 Å². The molecule has 1 saturated heterocycles. The standard InChI is InChI=1S/C14H13Cl2NO2S/c1-19-9-5-4-8-10(15)13(20-12(8)11(9)16)14(18)17-6-2-3-7-17/h4-5H,2-3,6-7H2,1H3. The number of methoxy groups -OCH3 is 1. The number of likely N-dealkylation sites (tertiary alicyclic amines) is 1. The fourth-order valence-corrected chi connectivity index (χ4v) is 4.30. The first-order valence-electron chi connectivity index (χ1n) is 6.37. The second-order valence-electron chi connectivity index (χ2n) is 4.70. The lowest BCUT2D eigenvalue weighted by Crippen LogP contribution is -2.26. The van der Waals surface area contributed by atoms with Gasteiger partial charge >= 0.3 is 0 Å². The van der Waals surface area contributed by atoms with E-state index in [9.17, 15) is 4.79 Å². The predicted molar refractivity (Wildman–Crippen MR) is 83.5 cm³/mol. The van der Waals surface area contributed by atoms with Crippen LogP contribution in [0.25, 0.3) is 10.1 Å². The van der Waals surface area contributed by atoms with Gasteiger partial charge in [0.25, 0.3) is 5.91 Å². The number of benzene rings is 1. The molecule has 0 N–H and O–H groups in total. The summed E-state index contributed by atoms with van der Waals surface area (Å²) >= 11 is 14.0. The lowest BCUT2D eigenvalue weighted by molar-refractivity contribution is 0.0798. The molecule has 0 atom stereocenters. The molecule has 0 aliphatic carbocycles. The van der Waals surface area contributed by atoms with Crippen molar-refractivity contribution in [2.24, 2.45) is 0 Å². The van der Waals surface area contributed by atoms with Gasteiger partial charge < -0.3 is 9.64 Å². The maximum absolute atomic E-state index is 12.5. The summed E-state index contributed by atoms with van der Waals surface area (Å²) in [6.45, 7) is 1.61. The molecule has 6 heteroatoms. The SMILES string of the molecule is COc1ccc2c(Cl)c(C(=O)N3CCCC3)sc2c1Cl. The first kappa shape index (κ1) is 14.0. The normalized spacial score (nSPS) is 15.1. The molecule has 1 fully saturated rings. The Kier molecular flexibility index (Phi) is 3.80. The largest absolute Gasteiger partial charge is 0.495 e. The number of nitrogens with zero attached hydrogens (tertiary/aromatic N) is 1. The number of rotatable bonds is 2. The van der Waals surface area contributed by atoms with Crippen molar-refractivity contribution in [3.63, 3.8) is 0 Å². The molecule has 20 heavy (non-hydrogen) atoms. The van der Waals surface area contributed by atoms with Crippen molar-refractivity contribution in [1.29, 1.82) is 0 Å². The summed E-state index contributed by atoms with van der Waals surface area (Å²) in [5.41, 5.74) is 0. The molecule has 0 spiro atoms. The molecule has 1 amide bonds. The van der Waals surface area contributed by atoms with Crippen molar-refractivity contribution in [3.8, 4) is 5.75 Å². The van der Waals surface area contributed by atoms with Crippen LogP contribution in [0, 0.1) is 0 Å². The first-order valence-corrected chi connectivity index (χ1v) is 7.94. The Balaban J connectivity index is 2.10. The predicted octanol–water partition coefficient (Wildman–Crippen LogP) is 4.45. The number of ether oxygens (including phenoxy) is 1. The van der Waals surface area contributed by atoms with Crippen molar-refractivity contribution < 1.29 is 9.53 Å². The van der Waals surface area contributed by atoms with Crippen LogP contribution in [-0.4, -0.2) is 31.0 Å². The van der Waals surface area contributed by atoms with E-state index in [4.69, 9.17) is 27.9 Å².